The van der Waals surface area contributed by atoms with Crippen LogP contribution < -0.4 is 0 Å². The van der Waals surface area contributed by atoms with E-state index in [1.54, 1.807) is 0 Å². The van der Waals surface area contributed by atoms with Gasteiger partial charge in [0.1, 0.15) is 0 Å². The van der Waals surface area contributed by atoms with Crippen molar-refractivity contribution in [1.29, 1.82) is 0 Å². The Morgan fingerprint density at radius 3 is 0.902 bits per heavy atom. The maximum Gasteiger partial charge on any atom is 0.369 e. The van der Waals surface area contributed by atoms with Crippen LogP contribution in [-0.2, 0) is 14.5 Å². The summed E-state index contributed by atoms with van der Waals surface area (Å²) in [5.74, 6) is -1.96. The summed E-state index contributed by atoms with van der Waals surface area (Å²) in [4.78, 5) is 28.1. The molecule has 0 aliphatic heterocycles. The molecule has 41 heavy (non-hydrogen) atoms. The van der Waals surface area contributed by atoms with Crippen LogP contribution in [0.5, 0.6) is 0 Å². The Bertz CT molecular complexity index is 627. The maximum absolute atomic E-state index is 12.2. The van der Waals surface area contributed by atoms with Crippen LogP contribution in [0, 0.1) is 0 Å². The Labute approximate surface area is 254 Å². The van der Waals surface area contributed by atoms with Crippen LogP contribution >= 0.6 is 0 Å². The number of carbonyl (C=O) groups excluding carboxylic acids is 1. The number of rotatable bonds is 32. The first kappa shape index (κ1) is 39.6. The third-order valence-corrected chi connectivity index (χ3v) is 8.51. The largest absolute Gasteiger partial charge is 0.478 e. The van der Waals surface area contributed by atoms with Crippen molar-refractivity contribution >= 4 is 11.9 Å². The van der Waals surface area contributed by atoms with E-state index in [0.717, 1.165) is 38.5 Å². The van der Waals surface area contributed by atoms with Crippen LogP contribution in [-0.4, -0.2) is 22.3 Å². The van der Waals surface area contributed by atoms with Gasteiger partial charge in [0.05, 0.1) is 5.57 Å². The highest BCUT2D eigenvalue weighted by atomic mass is 17.1. The first-order chi connectivity index (χ1) is 20.1. The van der Waals surface area contributed by atoms with Crippen molar-refractivity contribution in [2.24, 2.45) is 0 Å². The minimum Gasteiger partial charge on any atom is -0.478 e. The van der Waals surface area contributed by atoms with E-state index in [1.165, 1.54) is 141 Å². The fourth-order valence-electron chi connectivity index (χ4n) is 5.81. The number of aliphatic carboxylic acids is 1. The van der Waals surface area contributed by atoms with Gasteiger partial charge in [0.2, 0.25) is 0 Å². The second-order valence-electron chi connectivity index (χ2n) is 12.3. The Morgan fingerprint density at radius 2 is 0.659 bits per heavy atom. The van der Waals surface area contributed by atoms with Gasteiger partial charge in [0.15, 0.2) is 0 Å². The zero-order valence-corrected chi connectivity index (χ0v) is 27.3. The van der Waals surface area contributed by atoms with Crippen LogP contribution in [0.1, 0.15) is 206 Å². The first-order valence-electron chi connectivity index (χ1n) is 17.9. The lowest BCUT2D eigenvalue weighted by Crippen LogP contribution is -2.14. The molecule has 0 bridgehead atoms. The molecular weight excluding hydrogens is 512 g/mol. The molecule has 0 amide bonds. The maximum atomic E-state index is 12.2. The molecule has 0 aliphatic carbocycles. The second kappa shape index (κ2) is 31.6. The lowest BCUT2D eigenvalue weighted by molar-refractivity contribution is -0.229. The summed E-state index contributed by atoms with van der Waals surface area (Å²) in [6.07, 6.45) is 35.5. The molecule has 0 unspecified atom stereocenters. The molecular formula is C36H68O5. The van der Waals surface area contributed by atoms with Gasteiger partial charge in [-0.3, -0.25) is 4.89 Å². The number of carbonyl (C=O) groups is 2. The van der Waals surface area contributed by atoms with Gasteiger partial charge in [0, 0.05) is 5.57 Å². The molecule has 0 aromatic carbocycles. The average Bonchev–Trinajstić information content (AvgIpc) is 2.97. The second-order valence-corrected chi connectivity index (χ2v) is 12.3. The average molecular weight is 581 g/mol. The molecule has 0 fully saturated rings. The Morgan fingerprint density at radius 1 is 0.415 bits per heavy atom. The molecule has 5 heteroatoms. The quantitative estimate of drug-likeness (QED) is 0.0358. The molecule has 0 heterocycles. The summed E-state index contributed by atoms with van der Waals surface area (Å²) in [6, 6.07) is 0. The van der Waals surface area contributed by atoms with Crippen molar-refractivity contribution in [3.63, 3.8) is 0 Å². The van der Waals surface area contributed by atoms with Gasteiger partial charge in [-0.1, -0.05) is 181 Å². The van der Waals surface area contributed by atoms with Crippen molar-refractivity contribution < 1.29 is 24.8 Å². The number of hydrogen-bond acceptors (Lipinski definition) is 4. The van der Waals surface area contributed by atoms with Crippen LogP contribution in [0.2, 0.25) is 0 Å². The lowest BCUT2D eigenvalue weighted by atomic mass is 9.96. The summed E-state index contributed by atoms with van der Waals surface area (Å²) < 4.78 is 0. The van der Waals surface area contributed by atoms with E-state index in [4.69, 9.17) is 5.26 Å². The molecule has 0 rings (SSSR count). The topological polar surface area (TPSA) is 83.8 Å². The van der Waals surface area contributed by atoms with E-state index in [9.17, 15) is 14.7 Å². The number of carboxylic acid groups (broad SMARTS) is 1. The van der Waals surface area contributed by atoms with Crippen molar-refractivity contribution in [2.45, 2.75) is 206 Å². The predicted octanol–water partition coefficient (Wildman–Crippen LogP) is 12.1. The van der Waals surface area contributed by atoms with Gasteiger partial charge in [-0.2, -0.15) is 5.26 Å². The highest BCUT2D eigenvalue weighted by Crippen LogP contribution is 2.22. The summed E-state index contributed by atoms with van der Waals surface area (Å²) in [5, 5.41) is 18.7. The normalized spacial score (nSPS) is 12.0. The van der Waals surface area contributed by atoms with E-state index >= 15 is 0 Å². The zero-order chi connectivity index (χ0) is 30.2. The summed E-state index contributed by atoms with van der Waals surface area (Å²) in [5.41, 5.74) is 0.270. The van der Waals surface area contributed by atoms with Crippen LogP contribution in [0.4, 0.5) is 0 Å². The van der Waals surface area contributed by atoms with Gasteiger partial charge in [-0.25, -0.2) is 9.59 Å². The monoisotopic (exact) mass is 581 g/mol. The molecule has 0 aromatic rings. The molecule has 0 radical (unpaired) electrons. The van der Waals surface area contributed by atoms with E-state index in [-0.39, 0.29) is 11.1 Å². The highest BCUT2D eigenvalue weighted by molar-refractivity contribution is 5.99. The summed E-state index contributed by atoms with van der Waals surface area (Å²) in [6.45, 7) is 4.52. The van der Waals surface area contributed by atoms with Crippen molar-refractivity contribution in [3.8, 4) is 0 Å². The van der Waals surface area contributed by atoms with Crippen LogP contribution in [0.15, 0.2) is 11.1 Å². The molecule has 0 aliphatic rings. The third-order valence-electron chi connectivity index (χ3n) is 8.51. The number of unbranched alkanes of at least 4 members (excludes halogenated alkanes) is 26. The Hall–Kier alpha value is -1.36. The van der Waals surface area contributed by atoms with E-state index < -0.39 is 11.9 Å². The summed E-state index contributed by atoms with van der Waals surface area (Å²) >= 11 is 0. The zero-order valence-electron chi connectivity index (χ0n) is 27.3. The Kier molecular flexibility index (Phi) is 30.5. The molecule has 2 N–H and O–H groups in total. The molecule has 242 valence electrons. The van der Waals surface area contributed by atoms with Crippen molar-refractivity contribution in [1.82, 2.24) is 0 Å². The van der Waals surface area contributed by atoms with E-state index in [2.05, 4.69) is 18.7 Å². The third kappa shape index (κ3) is 26.0. The van der Waals surface area contributed by atoms with Gasteiger partial charge < -0.3 is 5.11 Å². The molecule has 0 aromatic heterocycles. The van der Waals surface area contributed by atoms with Gasteiger partial charge >= 0.3 is 11.9 Å². The molecule has 0 saturated heterocycles. The minimum absolute atomic E-state index is 0.123. The number of hydrogen-bond donors (Lipinski definition) is 2. The van der Waals surface area contributed by atoms with Crippen LogP contribution in [0.25, 0.3) is 0 Å². The van der Waals surface area contributed by atoms with E-state index in [0.29, 0.717) is 12.8 Å². The van der Waals surface area contributed by atoms with Crippen molar-refractivity contribution in [3.05, 3.63) is 11.1 Å². The van der Waals surface area contributed by atoms with Gasteiger partial charge in [-0.15, -0.1) is 0 Å². The first-order valence-corrected chi connectivity index (χ1v) is 17.9. The smallest absolute Gasteiger partial charge is 0.369 e. The van der Waals surface area contributed by atoms with E-state index in [1.807, 2.05) is 0 Å². The highest BCUT2D eigenvalue weighted by Gasteiger charge is 2.21. The molecule has 0 atom stereocenters. The fraction of sp³-hybridized carbons (Fsp3) is 0.889. The van der Waals surface area contributed by atoms with Gasteiger partial charge in [0.25, 0.3) is 0 Å². The fourth-order valence-corrected chi connectivity index (χ4v) is 5.81. The predicted molar refractivity (Wildman–Crippen MR) is 173 cm³/mol. The number of carboxylic acids is 1. The standard InChI is InChI=1S/C36H68O5/c1-3-5-7-9-11-13-15-17-19-21-23-25-27-29-31-33(35(37)38)34(36(39)41-40)32-30-28-26-24-22-20-18-16-14-12-10-8-6-4-2/h40H,3-32H2,1-2H3,(H,37,38). The minimum atomic E-state index is -1.06. The molecule has 5 nitrogen and oxygen atoms in total. The Balaban J connectivity index is 4.04. The molecule has 0 saturated carbocycles. The lowest BCUT2D eigenvalue weighted by Gasteiger charge is -2.10. The molecule has 0 spiro atoms. The van der Waals surface area contributed by atoms with Crippen LogP contribution in [0.3, 0.4) is 0 Å². The van der Waals surface area contributed by atoms with Crippen molar-refractivity contribution in [2.75, 3.05) is 0 Å². The van der Waals surface area contributed by atoms with Gasteiger partial charge in [-0.05, 0) is 25.7 Å². The SMILES string of the molecule is CCCCCCCCCCCCCCCCC(C(=O)O)=C(CCCCCCCCCCCCCCCC)C(=O)OO. The summed E-state index contributed by atoms with van der Waals surface area (Å²) in [7, 11) is 0.